The number of anilines is 1. The summed E-state index contributed by atoms with van der Waals surface area (Å²) >= 11 is 0. The van der Waals surface area contributed by atoms with Crippen LogP contribution in [0.5, 0.6) is 0 Å². The van der Waals surface area contributed by atoms with Crippen molar-refractivity contribution < 1.29 is 9.59 Å². The summed E-state index contributed by atoms with van der Waals surface area (Å²) in [4.78, 5) is 23.9. The lowest BCUT2D eigenvalue weighted by Crippen LogP contribution is -2.29. The van der Waals surface area contributed by atoms with Crippen LogP contribution in [0.3, 0.4) is 0 Å². The number of nitrogens with two attached hydrogens (primary N) is 1. The van der Waals surface area contributed by atoms with Crippen LogP contribution in [0, 0.1) is 12.8 Å². The molecule has 0 saturated carbocycles. The third-order valence-electron chi connectivity index (χ3n) is 4.24. The van der Waals surface area contributed by atoms with E-state index in [1.54, 1.807) is 25.1 Å². The van der Waals surface area contributed by atoms with Crippen LogP contribution in [0.2, 0.25) is 0 Å². The van der Waals surface area contributed by atoms with Gasteiger partial charge in [-0.3, -0.25) is 15.0 Å². The number of carbonyl (C=O) groups is 2. The highest BCUT2D eigenvalue weighted by atomic mass is 16.2. The third kappa shape index (κ3) is 3.29. The molecule has 0 aliphatic carbocycles. The van der Waals surface area contributed by atoms with Crippen molar-refractivity contribution in [1.29, 1.82) is 0 Å². The number of aryl methyl sites for hydroxylation is 1. The molecule has 6 nitrogen and oxygen atoms in total. The Kier molecular flexibility index (Phi) is 4.59. The van der Waals surface area contributed by atoms with Gasteiger partial charge in [0.25, 0.3) is 0 Å². The van der Waals surface area contributed by atoms with Gasteiger partial charge in [-0.1, -0.05) is 30.3 Å². The first-order chi connectivity index (χ1) is 11.6. The van der Waals surface area contributed by atoms with E-state index in [4.69, 9.17) is 5.73 Å². The molecule has 124 valence electrons. The normalized spacial score (nSPS) is 19.9. The summed E-state index contributed by atoms with van der Waals surface area (Å²) in [6, 6.07) is 14.8. The molecule has 1 saturated heterocycles. The van der Waals surface area contributed by atoms with Crippen LogP contribution in [-0.4, -0.2) is 18.4 Å². The number of hydrogen-bond donors (Lipinski definition) is 4. The van der Waals surface area contributed by atoms with Crippen LogP contribution in [-0.2, 0) is 4.79 Å². The molecular formula is C18H20N4O2. The van der Waals surface area contributed by atoms with Gasteiger partial charge in [-0.05, 0) is 36.2 Å². The summed E-state index contributed by atoms with van der Waals surface area (Å²) in [5.41, 5.74) is 14.4. The average Bonchev–Trinajstić information content (AvgIpc) is 3.05. The number of carbonyl (C=O) groups excluding carboxylic acids is 2. The van der Waals surface area contributed by atoms with E-state index in [1.165, 1.54) is 0 Å². The molecule has 3 rings (SSSR count). The summed E-state index contributed by atoms with van der Waals surface area (Å²) in [6.07, 6.45) is 0. The lowest BCUT2D eigenvalue weighted by atomic mass is 9.94. The lowest BCUT2D eigenvalue weighted by molar-refractivity contribution is -0.119. The maximum absolute atomic E-state index is 12.6. The molecule has 1 aliphatic heterocycles. The van der Waals surface area contributed by atoms with E-state index < -0.39 is 5.91 Å². The Balaban J connectivity index is 1.75. The zero-order valence-corrected chi connectivity index (χ0v) is 13.4. The van der Waals surface area contributed by atoms with Gasteiger partial charge in [0.1, 0.15) is 0 Å². The van der Waals surface area contributed by atoms with Crippen molar-refractivity contribution in [3.63, 3.8) is 0 Å². The molecule has 2 unspecified atom stereocenters. The maximum atomic E-state index is 12.6. The van der Waals surface area contributed by atoms with Crippen molar-refractivity contribution in [2.75, 3.05) is 11.9 Å². The molecule has 1 heterocycles. The highest BCUT2D eigenvalue weighted by Crippen LogP contribution is 2.26. The number of benzene rings is 2. The van der Waals surface area contributed by atoms with Crippen molar-refractivity contribution in [3.05, 3.63) is 65.2 Å². The number of amides is 2. The van der Waals surface area contributed by atoms with E-state index in [2.05, 4.69) is 16.2 Å². The predicted octanol–water partition coefficient (Wildman–Crippen LogP) is 1.50. The topological polar surface area (TPSA) is 96.2 Å². The van der Waals surface area contributed by atoms with Gasteiger partial charge >= 0.3 is 0 Å². The van der Waals surface area contributed by atoms with Crippen LogP contribution in [0.4, 0.5) is 5.69 Å². The summed E-state index contributed by atoms with van der Waals surface area (Å²) < 4.78 is 0. The average molecular weight is 324 g/mol. The van der Waals surface area contributed by atoms with E-state index in [0.29, 0.717) is 17.8 Å². The van der Waals surface area contributed by atoms with Gasteiger partial charge in [0.2, 0.25) is 11.8 Å². The standard InChI is InChI=1S/C18H20N4O2/c1-11-9-13(7-8-14(11)17(19)23)21-18(24)15-10-20-22-16(15)12-5-3-2-4-6-12/h2-9,15-16,20,22H,10H2,1H3,(H2,19,23)(H,21,24). The minimum Gasteiger partial charge on any atom is -0.366 e. The van der Waals surface area contributed by atoms with Gasteiger partial charge in [-0.2, -0.15) is 0 Å². The molecular weight excluding hydrogens is 304 g/mol. The third-order valence-corrected chi connectivity index (χ3v) is 4.24. The first kappa shape index (κ1) is 16.2. The van der Waals surface area contributed by atoms with Gasteiger partial charge < -0.3 is 11.1 Å². The summed E-state index contributed by atoms with van der Waals surface area (Å²) in [6.45, 7) is 2.34. The van der Waals surface area contributed by atoms with Gasteiger partial charge in [0.05, 0.1) is 12.0 Å². The molecule has 2 atom stereocenters. The van der Waals surface area contributed by atoms with Gasteiger partial charge in [-0.25, -0.2) is 5.43 Å². The first-order valence-corrected chi connectivity index (χ1v) is 7.81. The minimum absolute atomic E-state index is 0.0763. The lowest BCUT2D eigenvalue weighted by Gasteiger charge is -2.18. The van der Waals surface area contributed by atoms with Crippen LogP contribution < -0.4 is 21.9 Å². The minimum atomic E-state index is -0.473. The quantitative estimate of drug-likeness (QED) is 0.685. The van der Waals surface area contributed by atoms with Crippen molar-refractivity contribution in [1.82, 2.24) is 10.9 Å². The SMILES string of the molecule is Cc1cc(NC(=O)C2CNNC2c2ccccc2)ccc1C(N)=O. The molecule has 24 heavy (non-hydrogen) atoms. The van der Waals surface area contributed by atoms with Crippen molar-refractivity contribution >= 4 is 17.5 Å². The van der Waals surface area contributed by atoms with E-state index in [1.807, 2.05) is 30.3 Å². The molecule has 0 aromatic heterocycles. The van der Waals surface area contributed by atoms with Crippen molar-refractivity contribution in [2.24, 2.45) is 11.7 Å². The monoisotopic (exact) mass is 324 g/mol. The van der Waals surface area contributed by atoms with Crippen molar-refractivity contribution in [2.45, 2.75) is 13.0 Å². The second-order valence-electron chi connectivity index (χ2n) is 5.90. The number of hydrogen-bond acceptors (Lipinski definition) is 4. The molecule has 2 aromatic rings. The highest BCUT2D eigenvalue weighted by molar-refractivity contribution is 5.97. The molecule has 2 aromatic carbocycles. The Morgan fingerprint density at radius 2 is 1.92 bits per heavy atom. The summed E-state index contributed by atoms with van der Waals surface area (Å²) in [5, 5.41) is 2.92. The Hall–Kier alpha value is -2.70. The zero-order valence-electron chi connectivity index (χ0n) is 13.4. The fraction of sp³-hybridized carbons (Fsp3) is 0.222. The van der Waals surface area contributed by atoms with Crippen LogP contribution in [0.1, 0.15) is 27.5 Å². The Labute approximate surface area is 140 Å². The second kappa shape index (κ2) is 6.82. The Morgan fingerprint density at radius 3 is 2.58 bits per heavy atom. The summed E-state index contributed by atoms with van der Waals surface area (Å²) in [5.74, 6) is -0.783. The molecule has 0 radical (unpaired) electrons. The highest BCUT2D eigenvalue weighted by Gasteiger charge is 2.33. The second-order valence-corrected chi connectivity index (χ2v) is 5.90. The Bertz CT molecular complexity index is 761. The first-order valence-electron chi connectivity index (χ1n) is 7.81. The van der Waals surface area contributed by atoms with Crippen molar-refractivity contribution in [3.8, 4) is 0 Å². The van der Waals surface area contributed by atoms with E-state index in [-0.39, 0.29) is 17.9 Å². The van der Waals surface area contributed by atoms with E-state index in [9.17, 15) is 9.59 Å². The smallest absolute Gasteiger partial charge is 0.248 e. The fourth-order valence-corrected chi connectivity index (χ4v) is 2.97. The molecule has 5 N–H and O–H groups in total. The largest absolute Gasteiger partial charge is 0.366 e. The maximum Gasteiger partial charge on any atom is 0.248 e. The predicted molar refractivity (Wildman–Crippen MR) is 92.1 cm³/mol. The molecule has 6 heteroatoms. The Morgan fingerprint density at radius 1 is 1.17 bits per heavy atom. The van der Waals surface area contributed by atoms with Gasteiger partial charge in [0, 0.05) is 17.8 Å². The molecule has 1 fully saturated rings. The zero-order chi connectivity index (χ0) is 17.1. The van der Waals surface area contributed by atoms with Crippen LogP contribution in [0.15, 0.2) is 48.5 Å². The molecule has 0 bridgehead atoms. The number of hydrazine groups is 1. The van der Waals surface area contributed by atoms with Crippen LogP contribution >= 0.6 is 0 Å². The van der Waals surface area contributed by atoms with Crippen LogP contribution in [0.25, 0.3) is 0 Å². The van der Waals surface area contributed by atoms with Gasteiger partial charge in [-0.15, -0.1) is 0 Å². The molecule has 1 aliphatic rings. The number of rotatable bonds is 4. The fourth-order valence-electron chi connectivity index (χ4n) is 2.97. The molecule has 0 spiro atoms. The summed E-state index contributed by atoms with van der Waals surface area (Å²) in [7, 11) is 0. The number of nitrogens with one attached hydrogen (secondary N) is 3. The molecule has 2 amide bonds. The van der Waals surface area contributed by atoms with E-state index >= 15 is 0 Å². The number of primary amides is 1. The van der Waals surface area contributed by atoms with Gasteiger partial charge in [0.15, 0.2) is 0 Å². The van der Waals surface area contributed by atoms with E-state index in [0.717, 1.165) is 11.1 Å².